The highest BCUT2D eigenvalue weighted by molar-refractivity contribution is 6.04. The third kappa shape index (κ3) is 2.57. The van der Waals surface area contributed by atoms with Crippen LogP contribution in [-0.2, 0) is 0 Å². The van der Waals surface area contributed by atoms with Crippen molar-refractivity contribution in [3.63, 3.8) is 0 Å². The number of aromatic amines is 1. The Morgan fingerprint density at radius 2 is 2.06 bits per heavy atom. The first-order valence-electron chi connectivity index (χ1n) is 5.34. The summed E-state index contributed by atoms with van der Waals surface area (Å²) in [6.45, 7) is 0. The summed E-state index contributed by atoms with van der Waals surface area (Å²) < 4.78 is 5.12. The molecule has 1 aromatic carbocycles. The number of amides is 1. The number of pyridine rings is 1. The van der Waals surface area contributed by atoms with Crippen molar-refractivity contribution >= 4 is 11.6 Å². The fraction of sp³-hybridized carbons (Fsp3) is 0.0769. The molecule has 18 heavy (non-hydrogen) atoms. The Kier molecular flexibility index (Phi) is 3.43. The van der Waals surface area contributed by atoms with Crippen LogP contribution in [0.3, 0.4) is 0 Å². The molecule has 92 valence electrons. The van der Waals surface area contributed by atoms with E-state index in [0.717, 1.165) is 0 Å². The number of hydrogen-bond acceptors (Lipinski definition) is 3. The first kappa shape index (κ1) is 11.9. The van der Waals surface area contributed by atoms with Crippen molar-refractivity contribution in [3.8, 4) is 5.75 Å². The number of benzene rings is 1. The molecule has 0 aliphatic rings. The molecule has 1 amide bonds. The van der Waals surface area contributed by atoms with Crippen molar-refractivity contribution in [1.29, 1.82) is 0 Å². The average Bonchev–Trinajstić information content (AvgIpc) is 2.39. The first-order valence-corrected chi connectivity index (χ1v) is 5.34. The van der Waals surface area contributed by atoms with Gasteiger partial charge in [0.2, 0.25) is 5.56 Å². The molecule has 0 bridgehead atoms. The maximum Gasteiger partial charge on any atom is 0.256 e. The number of H-pyrrole nitrogens is 1. The van der Waals surface area contributed by atoms with E-state index >= 15 is 0 Å². The minimum atomic E-state index is -0.356. The smallest absolute Gasteiger partial charge is 0.256 e. The number of nitrogens with one attached hydrogen (secondary N) is 2. The Hall–Kier alpha value is -2.56. The Morgan fingerprint density at radius 1 is 1.28 bits per heavy atom. The van der Waals surface area contributed by atoms with Crippen molar-refractivity contribution in [2.24, 2.45) is 0 Å². The third-order valence-electron chi connectivity index (χ3n) is 2.39. The van der Waals surface area contributed by atoms with Gasteiger partial charge in [-0.15, -0.1) is 0 Å². The van der Waals surface area contributed by atoms with E-state index in [1.807, 2.05) is 6.07 Å². The zero-order chi connectivity index (χ0) is 13.0. The third-order valence-corrected chi connectivity index (χ3v) is 2.39. The molecule has 2 rings (SSSR count). The van der Waals surface area contributed by atoms with E-state index in [1.165, 1.54) is 25.4 Å². The van der Waals surface area contributed by atoms with E-state index in [9.17, 15) is 9.59 Å². The van der Waals surface area contributed by atoms with Crippen LogP contribution in [0.4, 0.5) is 5.69 Å². The number of methoxy groups -OCH3 is 1. The fourth-order valence-electron chi connectivity index (χ4n) is 1.53. The highest BCUT2D eigenvalue weighted by Gasteiger charge is 2.09. The highest BCUT2D eigenvalue weighted by atomic mass is 16.5. The molecule has 0 saturated heterocycles. The lowest BCUT2D eigenvalue weighted by molar-refractivity contribution is 0.102. The van der Waals surface area contributed by atoms with Gasteiger partial charge in [0.1, 0.15) is 5.75 Å². The van der Waals surface area contributed by atoms with Gasteiger partial charge >= 0.3 is 0 Å². The average molecular weight is 244 g/mol. The van der Waals surface area contributed by atoms with E-state index in [-0.39, 0.29) is 11.5 Å². The molecule has 5 nitrogen and oxygen atoms in total. The maximum absolute atomic E-state index is 11.9. The van der Waals surface area contributed by atoms with E-state index in [2.05, 4.69) is 10.3 Å². The summed E-state index contributed by atoms with van der Waals surface area (Å²) in [5.41, 5.74) is 0.539. The lowest BCUT2D eigenvalue weighted by Gasteiger charge is -2.09. The topological polar surface area (TPSA) is 71.2 Å². The second kappa shape index (κ2) is 5.18. The van der Waals surface area contributed by atoms with Crippen LogP contribution in [-0.4, -0.2) is 18.0 Å². The number of rotatable bonds is 3. The van der Waals surface area contributed by atoms with Crippen molar-refractivity contribution in [3.05, 3.63) is 58.5 Å². The summed E-state index contributed by atoms with van der Waals surface area (Å²) in [7, 11) is 1.53. The van der Waals surface area contributed by atoms with Crippen LogP contribution in [0.2, 0.25) is 0 Å². The number of carbonyl (C=O) groups is 1. The lowest BCUT2D eigenvalue weighted by Crippen LogP contribution is -2.15. The van der Waals surface area contributed by atoms with E-state index in [1.54, 1.807) is 18.2 Å². The van der Waals surface area contributed by atoms with Gasteiger partial charge < -0.3 is 15.0 Å². The van der Waals surface area contributed by atoms with Crippen LogP contribution in [0.15, 0.2) is 47.4 Å². The van der Waals surface area contributed by atoms with Crippen LogP contribution in [0.25, 0.3) is 0 Å². The molecule has 5 heteroatoms. The van der Waals surface area contributed by atoms with Crippen LogP contribution in [0, 0.1) is 0 Å². The lowest BCUT2D eigenvalue weighted by atomic mass is 10.2. The molecule has 0 unspecified atom stereocenters. The number of anilines is 1. The zero-order valence-electron chi connectivity index (χ0n) is 9.77. The van der Waals surface area contributed by atoms with Crippen LogP contribution < -0.4 is 15.6 Å². The molecule has 1 aromatic heterocycles. The van der Waals surface area contributed by atoms with Gasteiger partial charge in [0, 0.05) is 17.8 Å². The summed E-state index contributed by atoms with van der Waals surface area (Å²) in [6, 6.07) is 9.84. The largest absolute Gasteiger partial charge is 0.495 e. The van der Waals surface area contributed by atoms with Crippen LogP contribution in [0.1, 0.15) is 10.4 Å². The minimum Gasteiger partial charge on any atom is -0.495 e. The molecule has 1 heterocycles. The summed E-state index contributed by atoms with van der Waals surface area (Å²) in [4.78, 5) is 25.5. The minimum absolute atomic E-state index is 0.296. The molecule has 2 N–H and O–H groups in total. The summed E-state index contributed by atoms with van der Waals surface area (Å²) in [5, 5.41) is 2.69. The molecule has 0 aliphatic carbocycles. The van der Waals surface area contributed by atoms with Gasteiger partial charge in [0.05, 0.1) is 12.8 Å². The van der Waals surface area contributed by atoms with Gasteiger partial charge in [-0.05, 0) is 18.2 Å². The van der Waals surface area contributed by atoms with Crippen LogP contribution >= 0.6 is 0 Å². The number of hydrogen-bond donors (Lipinski definition) is 2. The predicted octanol–water partition coefficient (Wildman–Crippen LogP) is 1.64. The van der Waals surface area contributed by atoms with Crippen molar-refractivity contribution in [1.82, 2.24) is 4.98 Å². The SMILES string of the molecule is COc1ccccc1NC(=O)c1cc[nH]c(=O)c1. The molecular formula is C13H12N2O3. The monoisotopic (exact) mass is 244 g/mol. The molecule has 0 atom stereocenters. The number of aromatic nitrogens is 1. The van der Waals surface area contributed by atoms with Gasteiger partial charge in [0.15, 0.2) is 0 Å². The fourth-order valence-corrected chi connectivity index (χ4v) is 1.53. The van der Waals surface area contributed by atoms with E-state index in [4.69, 9.17) is 4.74 Å². The molecule has 0 aliphatic heterocycles. The molecule has 0 fully saturated rings. The molecular weight excluding hydrogens is 232 g/mol. The van der Waals surface area contributed by atoms with Crippen molar-refractivity contribution in [2.75, 3.05) is 12.4 Å². The Bertz CT molecular complexity index is 619. The summed E-state index contributed by atoms with van der Waals surface area (Å²) >= 11 is 0. The maximum atomic E-state index is 11.9. The summed E-state index contributed by atoms with van der Waals surface area (Å²) in [5.74, 6) is 0.210. The molecule has 0 radical (unpaired) electrons. The summed E-state index contributed by atoms with van der Waals surface area (Å²) in [6.07, 6.45) is 1.43. The number of para-hydroxylation sites is 2. The van der Waals surface area contributed by atoms with Gasteiger partial charge in [-0.25, -0.2) is 0 Å². The second-order valence-electron chi connectivity index (χ2n) is 3.60. The second-order valence-corrected chi connectivity index (χ2v) is 3.60. The first-order chi connectivity index (χ1) is 8.70. The highest BCUT2D eigenvalue weighted by Crippen LogP contribution is 2.23. The molecule has 2 aromatic rings. The Balaban J connectivity index is 2.24. The van der Waals surface area contributed by atoms with E-state index in [0.29, 0.717) is 17.0 Å². The van der Waals surface area contributed by atoms with Gasteiger partial charge in [-0.1, -0.05) is 12.1 Å². The Morgan fingerprint density at radius 3 is 2.78 bits per heavy atom. The Labute approximate surface area is 103 Å². The zero-order valence-corrected chi connectivity index (χ0v) is 9.77. The normalized spacial score (nSPS) is 9.83. The van der Waals surface area contributed by atoms with Crippen molar-refractivity contribution < 1.29 is 9.53 Å². The van der Waals surface area contributed by atoms with Gasteiger partial charge in [-0.3, -0.25) is 9.59 Å². The number of ether oxygens (including phenoxy) is 1. The van der Waals surface area contributed by atoms with Crippen molar-refractivity contribution in [2.45, 2.75) is 0 Å². The standard InChI is InChI=1S/C13H12N2O3/c1-18-11-5-3-2-4-10(11)15-13(17)9-6-7-14-12(16)8-9/h2-8H,1H3,(H,14,16)(H,15,17). The van der Waals surface area contributed by atoms with Crippen LogP contribution in [0.5, 0.6) is 5.75 Å². The quantitative estimate of drug-likeness (QED) is 0.862. The predicted molar refractivity (Wildman–Crippen MR) is 68.0 cm³/mol. The number of carbonyl (C=O) groups excluding carboxylic acids is 1. The van der Waals surface area contributed by atoms with E-state index < -0.39 is 0 Å². The molecule has 0 saturated carbocycles. The molecule has 0 spiro atoms. The van der Waals surface area contributed by atoms with Gasteiger partial charge in [0.25, 0.3) is 5.91 Å². The van der Waals surface area contributed by atoms with Gasteiger partial charge in [-0.2, -0.15) is 0 Å².